The number of benzene rings is 2. The van der Waals surface area contributed by atoms with E-state index in [9.17, 15) is 19.7 Å². The molecule has 29 heavy (non-hydrogen) atoms. The van der Waals surface area contributed by atoms with Crippen molar-refractivity contribution in [2.75, 3.05) is 18.4 Å². The second-order valence-corrected chi connectivity index (χ2v) is 6.25. The first kappa shape index (κ1) is 19.8. The summed E-state index contributed by atoms with van der Waals surface area (Å²) in [6.45, 7) is 2.07. The van der Waals surface area contributed by atoms with Crippen LogP contribution in [0.25, 0.3) is 11.3 Å². The number of nitro groups is 1. The second-order valence-electron chi connectivity index (χ2n) is 6.25. The molecule has 8 heteroatoms. The number of carbonyl (C=O) groups excluding carboxylic acids is 2. The number of hydrogen-bond acceptors (Lipinski definition) is 6. The van der Waals surface area contributed by atoms with Gasteiger partial charge in [-0.05, 0) is 25.1 Å². The van der Waals surface area contributed by atoms with E-state index >= 15 is 0 Å². The molecule has 2 aromatic carbocycles. The molecular weight excluding hydrogens is 374 g/mol. The van der Waals surface area contributed by atoms with Crippen molar-refractivity contribution in [1.82, 2.24) is 5.32 Å². The molecule has 0 spiro atoms. The Balaban J connectivity index is 1.54. The molecule has 0 saturated heterocycles. The Labute approximate surface area is 166 Å². The van der Waals surface area contributed by atoms with E-state index in [-0.39, 0.29) is 29.7 Å². The SMILES string of the molecule is CC(=O)c1ccc(-c2ccc(C(=O)NCCNc3ccccc3[N+](=O)[O-])o2)cc1. The van der Waals surface area contributed by atoms with Gasteiger partial charge in [0.25, 0.3) is 11.6 Å². The Morgan fingerprint density at radius 2 is 1.72 bits per heavy atom. The molecule has 0 aliphatic rings. The second kappa shape index (κ2) is 8.83. The summed E-state index contributed by atoms with van der Waals surface area (Å²) in [6, 6.07) is 16.5. The number of para-hydroxylation sites is 2. The van der Waals surface area contributed by atoms with Crippen LogP contribution in [-0.2, 0) is 0 Å². The van der Waals surface area contributed by atoms with Crippen molar-refractivity contribution in [2.45, 2.75) is 6.92 Å². The van der Waals surface area contributed by atoms with Crippen molar-refractivity contribution in [1.29, 1.82) is 0 Å². The zero-order chi connectivity index (χ0) is 20.8. The fraction of sp³-hybridized carbons (Fsp3) is 0.143. The molecule has 148 valence electrons. The topological polar surface area (TPSA) is 114 Å². The van der Waals surface area contributed by atoms with Gasteiger partial charge in [0, 0.05) is 30.3 Å². The number of carbonyl (C=O) groups is 2. The number of nitro benzene ring substituents is 1. The quantitative estimate of drug-likeness (QED) is 0.260. The highest BCUT2D eigenvalue weighted by molar-refractivity contribution is 5.94. The molecule has 0 saturated carbocycles. The van der Waals surface area contributed by atoms with Crippen LogP contribution in [-0.4, -0.2) is 29.7 Å². The van der Waals surface area contributed by atoms with Crippen LogP contribution in [0, 0.1) is 10.1 Å². The lowest BCUT2D eigenvalue weighted by atomic mass is 10.1. The lowest BCUT2D eigenvalue weighted by molar-refractivity contribution is -0.384. The van der Waals surface area contributed by atoms with E-state index in [2.05, 4.69) is 10.6 Å². The maximum absolute atomic E-state index is 12.2. The number of anilines is 1. The summed E-state index contributed by atoms with van der Waals surface area (Å²) in [6.07, 6.45) is 0. The monoisotopic (exact) mass is 393 g/mol. The Morgan fingerprint density at radius 1 is 1.00 bits per heavy atom. The van der Waals surface area contributed by atoms with Crippen LogP contribution in [0.5, 0.6) is 0 Å². The third-order valence-electron chi connectivity index (χ3n) is 4.23. The van der Waals surface area contributed by atoms with Gasteiger partial charge in [0.05, 0.1) is 4.92 Å². The van der Waals surface area contributed by atoms with Gasteiger partial charge in [-0.3, -0.25) is 19.7 Å². The summed E-state index contributed by atoms with van der Waals surface area (Å²) in [7, 11) is 0. The molecule has 1 heterocycles. The van der Waals surface area contributed by atoms with E-state index in [4.69, 9.17) is 4.42 Å². The van der Waals surface area contributed by atoms with Crippen LogP contribution >= 0.6 is 0 Å². The van der Waals surface area contributed by atoms with E-state index in [0.717, 1.165) is 5.56 Å². The van der Waals surface area contributed by atoms with Crippen molar-refractivity contribution in [2.24, 2.45) is 0 Å². The molecule has 8 nitrogen and oxygen atoms in total. The maximum Gasteiger partial charge on any atom is 0.292 e. The first-order chi connectivity index (χ1) is 14.0. The lowest BCUT2D eigenvalue weighted by Gasteiger charge is -2.07. The molecule has 3 aromatic rings. The number of hydrogen-bond donors (Lipinski definition) is 2. The van der Waals surface area contributed by atoms with E-state index in [1.807, 2.05) is 0 Å². The molecular formula is C21H19N3O5. The Hall–Kier alpha value is -3.94. The first-order valence-electron chi connectivity index (χ1n) is 8.92. The minimum absolute atomic E-state index is 0.0227. The number of ketones is 1. The summed E-state index contributed by atoms with van der Waals surface area (Å²) < 4.78 is 5.59. The number of nitrogens with zero attached hydrogens (tertiary/aromatic N) is 1. The van der Waals surface area contributed by atoms with E-state index in [0.29, 0.717) is 23.6 Å². The van der Waals surface area contributed by atoms with Gasteiger partial charge < -0.3 is 15.1 Å². The number of furan rings is 1. The fourth-order valence-electron chi connectivity index (χ4n) is 2.73. The predicted molar refractivity (Wildman–Crippen MR) is 108 cm³/mol. The molecule has 1 amide bonds. The largest absolute Gasteiger partial charge is 0.451 e. The van der Waals surface area contributed by atoms with Gasteiger partial charge in [-0.25, -0.2) is 0 Å². The normalized spacial score (nSPS) is 10.4. The average Bonchev–Trinajstić information content (AvgIpc) is 3.21. The van der Waals surface area contributed by atoms with Gasteiger partial charge in [-0.1, -0.05) is 36.4 Å². The molecule has 1 aromatic heterocycles. The average molecular weight is 393 g/mol. The van der Waals surface area contributed by atoms with Gasteiger partial charge in [0.2, 0.25) is 0 Å². The first-order valence-corrected chi connectivity index (χ1v) is 8.92. The van der Waals surface area contributed by atoms with Gasteiger partial charge >= 0.3 is 0 Å². The molecule has 0 radical (unpaired) electrons. The molecule has 0 aliphatic carbocycles. The van der Waals surface area contributed by atoms with Crippen LogP contribution in [0.4, 0.5) is 11.4 Å². The smallest absolute Gasteiger partial charge is 0.292 e. The van der Waals surface area contributed by atoms with Gasteiger partial charge in [0.15, 0.2) is 11.5 Å². The van der Waals surface area contributed by atoms with Crippen LogP contribution in [0.2, 0.25) is 0 Å². The Kier molecular flexibility index (Phi) is 6.03. The van der Waals surface area contributed by atoms with Crippen molar-refractivity contribution < 1.29 is 18.9 Å². The fourth-order valence-corrected chi connectivity index (χ4v) is 2.73. The van der Waals surface area contributed by atoms with Crippen molar-refractivity contribution >= 4 is 23.1 Å². The lowest BCUT2D eigenvalue weighted by Crippen LogP contribution is -2.28. The Bertz CT molecular complexity index is 1040. The van der Waals surface area contributed by atoms with Crippen molar-refractivity contribution in [3.8, 4) is 11.3 Å². The van der Waals surface area contributed by atoms with Crippen LogP contribution < -0.4 is 10.6 Å². The summed E-state index contributed by atoms with van der Waals surface area (Å²) in [5, 5.41) is 16.6. The molecule has 2 N–H and O–H groups in total. The van der Waals surface area contributed by atoms with Gasteiger partial charge in [0.1, 0.15) is 11.4 Å². The Morgan fingerprint density at radius 3 is 2.41 bits per heavy atom. The highest BCUT2D eigenvalue weighted by Crippen LogP contribution is 2.23. The van der Waals surface area contributed by atoms with E-state index in [1.54, 1.807) is 54.6 Å². The van der Waals surface area contributed by atoms with Gasteiger partial charge in [-0.15, -0.1) is 0 Å². The number of nitrogens with one attached hydrogen (secondary N) is 2. The minimum Gasteiger partial charge on any atom is -0.451 e. The molecule has 3 rings (SSSR count). The molecule has 0 unspecified atom stereocenters. The van der Waals surface area contributed by atoms with Crippen LogP contribution in [0.1, 0.15) is 27.8 Å². The summed E-state index contributed by atoms with van der Waals surface area (Å²) in [4.78, 5) is 34.1. The van der Waals surface area contributed by atoms with E-state index < -0.39 is 4.92 Å². The zero-order valence-corrected chi connectivity index (χ0v) is 15.7. The highest BCUT2D eigenvalue weighted by Gasteiger charge is 2.14. The summed E-state index contributed by atoms with van der Waals surface area (Å²) >= 11 is 0. The minimum atomic E-state index is -0.464. The summed E-state index contributed by atoms with van der Waals surface area (Å²) in [5.41, 5.74) is 1.72. The number of rotatable bonds is 8. The molecule has 0 aliphatic heterocycles. The van der Waals surface area contributed by atoms with E-state index in [1.165, 1.54) is 13.0 Å². The zero-order valence-electron chi connectivity index (χ0n) is 15.7. The molecule has 0 fully saturated rings. The number of amides is 1. The van der Waals surface area contributed by atoms with Crippen molar-refractivity contribution in [3.63, 3.8) is 0 Å². The van der Waals surface area contributed by atoms with Crippen molar-refractivity contribution in [3.05, 3.63) is 82.1 Å². The van der Waals surface area contributed by atoms with Crippen LogP contribution in [0.15, 0.2) is 65.1 Å². The standard InChI is InChI=1S/C21H19N3O5/c1-14(25)15-6-8-16(9-7-15)19-10-11-20(29-19)21(26)23-13-12-22-17-4-2-3-5-18(17)24(27)28/h2-11,22H,12-13H2,1H3,(H,23,26). The van der Waals surface area contributed by atoms with Gasteiger partial charge in [-0.2, -0.15) is 0 Å². The number of Topliss-reactive ketones (excluding diaryl/α,β-unsaturated/α-hetero) is 1. The van der Waals surface area contributed by atoms with Crippen LogP contribution in [0.3, 0.4) is 0 Å². The maximum atomic E-state index is 12.2. The molecule has 0 bridgehead atoms. The third-order valence-corrected chi connectivity index (χ3v) is 4.23. The third kappa shape index (κ3) is 4.86. The summed E-state index contributed by atoms with van der Waals surface area (Å²) in [5.74, 6) is 0.260. The predicted octanol–water partition coefficient (Wildman–Crippen LogP) is 3.90. The molecule has 0 atom stereocenters. The highest BCUT2D eigenvalue weighted by atomic mass is 16.6.